The topological polar surface area (TPSA) is 15.3 Å². The van der Waals surface area contributed by atoms with Gasteiger partial charge in [-0.2, -0.15) is 0 Å². The maximum atomic E-state index is 13.9. The van der Waals surface area contributed by atoms with Crippen LogP contribution in [-0.2, 0) is 0 Å². The molecular weight excluding hydrogens is 290 g/mol. The molecule has 1 N–H and O–H groups in total. The Morgan fingerprint density at radius 1 is 1.29 bits per heavy atom. The normalized spacial score (nSPS) is 19.3. The lowest BCUT2D eigenvalue weighted by atomic mass is 10.0. The summed E-state index contributed by atoms with van der Waals surface area (Å²) in [5, 5.41) is 3.22. The molecule has 0 aromatic heterocycles. The molecule has 0 radical (unpaired) electrons. The van der Waals surface area contributed by atoms with Crippen LogP contribution in [0.2, 0.25) is 0 Å². The Hall–Kier alpha value is -0.520. The van der Waals surface area contributed by atoms with Crippen LogP contribution in [0.4, 0.5) is 8.78 Å². The Morgan fingerprint density at radius 2 is 1.94 bits per heavy atom. The molecule has 0 unspecified atom stereocenters. The van der Waals surface area contributed by atoms with E-state index in [1.807, 2.05) is 6.92 Å². The van der Waals surface area contributed by atoms with E-state index in [9.17, 15) is 8.78 Å². The predicted octanol–water partition coefficient (Wildman–Crippen LogP) is 2.69. The van der Waals surface area contributed by atoms with Gasteiger partial charge in [0.2, 0.25) is 0 Å². The molecule has 0 aliphatic carbocycles. The number of nitrogens with one attached hydrogen (secondary N) is 1. The summed E-state index contributed by atoms with van der Waals surface area (Å²) in [6.45, 7) is 5.20. The van der Waals surface area contributed by atoms with E-state index in [0.29, 0.717) is 4.47 Å². The largest absolute Gasteiger partial charge is 0.314 e. The molecule has 2 rings (SSSR count). The Bertz CT molecular complexity index is 406. The van der Waals surface area contributed by atoms with Gasteiger partial charge in [-0.05, 0) is 35.0 Å². The van der Waals surface area contributed by atoms with Crippen LogP contribution in [0.5, 0.6) is 0 Å². The van der Waals surface area contributed by atoms with Crippen molar-refractivity contribution in [3.05, 3.63) is 33.8 Å². The lowest BCUT2D eigenvalue weighted by Crippen LogP contribution is -2.44. The fourth-order valence-corrected chi connectivity index (χ4v) is 2.52. The van der Waals surface area contributed by atoms with Crippen LogP contribution in [-0.4, -0.2) is 31.1 Å². The van der Waals surface area contributed by atoms with Crippen molar-refractivity contribution in [1.82, 2.24) is 10.2 Å². The standard InChI is InChI=1S/C12H15BrF2N2/c1-8(17-6-4-16-5-7-17)11-10(14)3-2-9(13)12(11)15/h2-3,8,16H,4-7H2,1H3/t8-/m0/s1. The fraction of sp³-hybridized carbons (Fsp3) is 0.500. The lowest BCUT2D eigenvalue weighted by Gasteiger charge is -2.33. The van der Waals surface area contributed by atoms with Gasteiger partial charge in [0.1, 0.15) is 11.6 Å². The zero-order valence-corrected chi connectivity index (χ0v) is 11.2. The highest BCUT2D eigenvalue weighted by Gasteiger charge is 2.24. The summed E-state index contributed by atoms with van der Waals surface area (Å²) in [5.41, 5.74) is 0.154. The van der Waals surface area contributed by atoms with Crippen LogP contribution in [0.3, 0.4) is 0 Å². The molecule has 94 valence electrons. The molecule has 1 aliphatic rings. The first-order valence-electron chi connectivity index (χ1n) is 5.69. The van der Waals surface area contributed by atoms with Gasteiger partial charge < -0.3 is 5.32 Å². The van der Waals surface area contributed by atoms with Crippen molar-refractivity contribution in [2.45, 2.75) is 13.0 Å². The maximum Gasteiger partial charge on any atom is 0.145 e. The van der Waals surface area contributed by atoms with Gasteiger partial charge in [0.25, 0.3) is 0 Å². The van der Waals surface area contributed by atoms with E-state index in [0.717, 1.165) is 26.2 Å². The number of nitrogens with zero attached hydrogens (tertiary/aromatic N) is 1. The predicted molar refractivity (Wildman–Crippen MR) is 66.9 cm³/mol. The highest BCUT2D eigenvalue weighted by molar-refractivity contribution is 9.10. The van der Waals surface area contributed by atoms with Crippen molar-refractivity contribution in [1.29, 1.82) is 0 Å². The van der Waals surface area contributed by atoms with Gasteiger partial charge >= 0.3 is 0 Å². The molecule has 1 fully saturated rings. The molecular formula is C12H15BrF2N2. The first-order chi connectivity index (χ1) is 8.11. The van der Waals surface area contributed by atoms with Crippen LogP contribution in [0.15, 0.2) is 16.6 Å². The Kier molecular flexibility index (Phi) is 4.12. The Labute approximate surface area is 108 Å². The second-order valence-corrected chi connectivity index (χ2v) is 5.07. The van der Waals surface area contributed by atoms with Crippen LogP contribution >= 0.6 is 15.9 Å². The first kappa shape index (κ1) is 12.9. The molecule has 1 aromatic rings. The monoisotopic (exact) mass is 304 g/mol. The third-order valence-corrected chi connectivity index (χ3v) is 3.81. The summed E-state index contributed by atoms with van der Waals surface area (Å²) in [6.07, 6.45) is 0. The summed E-state index contributed by atoms with van der Waals surface area (Å²) >= 11 is 3.10. The second-order valence-electron chi connectivity index (χ2n) is 4.22. The van der Waals surface area contributed by atoms with Crippen molar-refractivity contribution >= 4 is 15.9 Å². The molecule has 0 spiro atoms. The van der Waals surface area contributed by atoms with E-state index >= 15 is 0 Å². The number of halogens is 3. The SMILES string of the molecule is C[C@@H](c1c(F)ccc(Br)c1F)N1CCNCC1. The number of rotatable bonds is 2. The number of piperazine rings is 1. The summed E-state index contributed by atoms with van der Waals surface area (Å²) in [4.78, 5) is 2.09. The van der Waals surface area contributed by atoms with Crippen molar-refractivity contribution < 1.29 is 8.78 Å². The summed E-state index contributed by atoms with van der Waals surface area (Å²) < 4.78 is 28.0. The summed E-state index contributed by atoms with van der Waals surface area (Å²) in [6, 6.07) is 2.47. The quantitative estimate of drug-likeness (QED) is 0.845. The minimum Gasteiger partial charge on any atom is -0.314 e. The van der Waals surface area contributed by atoms with Gasteiger partial charge in [0, 0.05) is 37.8 Å². The first-order valence-corrected chi connectivity index (χ1v) is 6.48. The van der Waals surface area contributed by atoms with Crippen LogP contribution < -0.4 is 5.32 Å². The van der Waals surface area contributed by atoms with Gasteiger partial charge in [0.15, 0.2) is 0 Å². The van der Waals surface area contributed by atoms with Crippen LogP contribution in [0, 0.1) is 11.6 Å². The van der Waals surface area contributed by atoms with Crippen molar-refractivity contribution in [2.75, 3.05) is 26.2 Å². The number of hydrogen-bond donors (Lipinski definition) is 1. The molecule has 5 heteroatoms. The zero-order valence-electron chi connectivity index (χ0n) is 9.64. The smallest absolute Gasteiger partial charge is 0.145 e. The highest BCUT2D eigenvalue weighted by Crippen LogP contribution is 2.29. The molecule has 0 saturated carbocycles. The third-order valence-electron chi connectivity index (χ3n) is 3.20. The van der Waals surface area contributed by atoms with Gasteiger partial charge in [-0.1, -0.05) is 0 Å². The molecule has 1 aromatic carbocycles. The molecule has 1 saturated heterocycles. The van der Waals surface area contributed by atoms with Gasteiger partial charge in [-0.25, -0.2) is 8.78 Å². The number of benzene rings is 1. The summed E-state index contributed by atoms with van der Waals surface area (Å²) in [5.74, 6) is -0.965. The Balaban J connectivity index is 2.29. The van der Waals surface area contributed by atoms with Gasteiger partial charge in [-0.3, -0.25) is 4.90 Å². The molecule has 0 amide bonds. The molecule has 1 aliphatic heterocycles. The molecule has 0 bridgehead atoms. The van der Waals surface area contributed by atoms with Crippen LogP contribution in [0.1, 0.15) is 18.5 Å². The molecule has 2 nitrogen and oxygen atoms in total. The maximum absolute atomic E-state index is 13.9. The molecule has 1 atom stereocenters. The zero-order chi connectivity index (χ0) is 12.4. The van der Waals surface area contributed by atoms with E-state index in [4.69, 9.17) is 0 Å². The summed E-state index contributed by atoms with van der Waals surface area (Å²) in [7, 11) is 0. The van der Waals surface area contributed by atoms with E-state index in [1.165, 1.54) is 12.1 Å². The van der Waals surface area contributed by atoms with Gasteiger partial charge in [-0.15, -0.1) is 0 Å². The minimum absolute atomic E-state index is 0.154. The highest BCUT2D eigenvalue weighted by atomic mass is 79.9. The number of hydrogen-bond acceptors (Lipinski definition) is 2. The van der Waals surface area contributed by atoms with Crippen molar-refractivity contribution in [3.8, 4) is 0 Å². The Morgan fingerprint density at radius 3 is 2.59 bits per heavy atom. The van der Waals surface area contributed by atoms with E-state index in [-0.39, 0.29) is 11.6 Å². The minimum atomic E-state index is -0.490. The average Bonchev–Trinajstić information content (AvgIpc) is 2.35. The van der Waals surface area contributed by atoms with Crippen molar-refractivity contribution in [2.24, 2.45) is 0 Å². The van der Waals surface area contributed by atoms with Gasteiger partial charge in [0.05, 0.1) is 4.47 Å². The molecule has 17 heavy (non-hydrogen) atoms. The van der Waals surface area contributed by atoms with E-state index in [2.05, 4.69) is 26.1 Å². The molecule has 1 heterocycles. The second kappa shape index (κ2) is 5.42. The van der Waals surface area contributed by atoms with Crippen molar-refractivity contribution in [3.63, 3.8) is 0 Å². The van der Waals surface area contributed by atoms with E-state index < -0.39 is 11.6 Å². The lowest BCUT2D eigenvalue weighted by molar-refractivity contribution is 0.179. The van der Waals surface area contributed by atoms with Crippen LogP contribution in [0.25, 0.3) is 0 Å². The average molecular weight is 305 g/mol. The van der Waals surface area contributed by atoms with E-state index in [1.54, 1.807) is 0 Å². The fourth-order valence-electron chi connectivity index (χ4n) is 2.18. The third kappa shape index (κ3) is 2.67.